The van der Waals surface area contributed by atoms with Gasteiger partial charge in [-0.05, 0) is 47.2 Å². The maximum Gasteiger partial charge on any atom is 0.416 e. The largest absolute Gasteiger partial charge is 0.416 e. The van der Waals surface area contributed by atoms with E-state index in [-0.39, 0.29) is 5.56 Å². The van der Waals surface area contributed by atoms with Crippen molar-refractivity contribution in [1.29, 1.82) is 0 Å². The van der Waals surface area contributed by atoms with Crippen LogP contribution in [0.25, 0.3) is 10.8 Å². The molecule has 7 heteroatoms. The molecule has 0 spiro atoms. The molecule has 3 rings (SSSR count). The Labute approximate surface area is 146 Å². The summed E-state index contributed by atoms with van der Waals surface area (Å²) in [7, 11) is 0. The monoisotopic (exact) mass is 358 g/mol. The first kappa shape index (κ1) is 17.5. The van der Waals surface area contributed by atoms with Crippen molar-refractivity contribution in [2.75, 3.05) is 0 Å². The van der Waals surface area contributed by atoms with E-state index in [1.165, 1.54) is 0 Å². The third kappa shape index (κ3) is 3.83. The number of halogens is 3. The van der Waals surface area contributed by atoms with Crippen molar-refractivity contribution >= 4 is 22.6 Å². The quantitative estimate of drug-likeness (QED) is 0.682. The lowest BCUT2D eigenvalue weighted by Crippen LogP contribution is -2.41. The van der Waals surface area contributed by atoms with Crippen LogP contribution in [0.15, 0.2) is 66.7 Å². The number of benzene rings is 3. The fraction of sp³-hybridized carbons (Fsp3) is 0.0526. The molecule has 26 heavy (non-hydrogen) atoms. The molecular formula is C19H13F3N2O2. The zero-order valence-corrected chi connectivity index (χ0v) is 13.3. The lowest BCUT2D eigenvalue weighted by atomic mass is 10.1. The molecule has 0 atom stereocenters. The third-order valence-corrected chi connectivity index (χ3v) is 3.78. The van der Waals surface area contributed by atoms with Gasteiger partial charge in [-0.2, -0.15) is 13.2 Å². The van der Waals surface area contributed by atoms with E-state index in [2.05, 4.69) is 10.9 Å². The van der Waals surface area contributed by atoms with E-state index in [9.17, 15) is 22.8 Å². The second-order valence-electron chi connectivity index (χ2n) is 5.55. The number of alkyl halides is 3. The maximum absolute atomic E-state index is 12.5. The molecule has 0 aliphatic rings. The van der Waals surface area contributed by atoms with Crippen molar-refractivity contribution < 1.29 is 22.8 Å². The van der Waals surface area contributed by atoms with Crippen LogP contribution in [0.1, 0.15) is 26.3 Å². The van der Waals surface area contributed by atoms with E-state index in [0.717, 1.165) is 35.0 Å². The Morgan fingerprint density at radius 3 is 1.85 bits per heavy atom. The summed E-state index contributed by atoms with van der Waals surface area (Å²) >= 11 is 0. The normalized spacial score (nSPS) is 11.2. The Balaban J connectivity index is 1.65. The Morgan fingerprint density at radius 1 is 0.692 bits per heavy atom. The van der Waals surface area contributed by atoms with Gasteiger partial charge in [0.25, 0.3) is 11.8 Å². The number of amides is 2. The number of carbonyl (C=O) groups excluding carboxylic acids is 2. The molecular weight excluding hydrogens is 345 g/mol. The predicted molar refractivity (Wildman–Crippen MR) is 90.3 cm³/mol. The van der Waals surface area contributed by atoms with Crippen LogP contribution < -0.4 is 10.9 Å². The summed E-state index contributed by atoms with van der Waals surface area (Å²) in [5.41, 5.74) is 3.92. The number of hydrogen-bond donors (Lipinski definition) is 2. The Hall–Kier alpha value is -3.35. The van der Waals surface area contributed by atoms with Crippen LogP contribution in [-0.2, 0) is 6.18 Å². The molecule has 0 saturated carbocycles. The van der Waals surface area contributed by atoms with Crippen LogP contribution in [0.3, 0.4) is 0 Å². The second kappa shape index (κ2) is 6.87. The van der Waals surface area contributed by atoms with Crippen molar-refractivity contribution in [3.63, 3.8) is 0 Å². The smallest absolute Gasteiger partial charge is 0.267 e. The fourth-order valence-corrected chi connectivity index (χ4v) is 2.40. The highest BCUT2D eigenvalue weighted by atomic mass is 19.4. The van der Waals surface area contributed by atoms with Crippen molar-refractivity contribution in [3.8, 4) is 0 Å². The lowest BCUT2D eigenvalue weighted by Gasteiger charge is -2.10. The van der Waals surface area contributed by atoms with Gasteiger partial charge < -0.3 is 0 Å². The molecule has 3 aromatic carbocycles. The molecule has 0 unspecified atom stereocenters. The van der Waals surface area contributed by atoms with Gasteiger partial charge in [-0.25, -0.2) is 0 Å². The van der Waals surface area contributed by atoms with Crippen LogP contribution >= 0.6 is 0 Å². The first-order valence-electron chi connectivity index (χ1n) is 7.61. The summed E-state index contributed by atoms with van der Waals surface area (Å²) in [5, 5.41) is 1.84. The third-order valence-electron chi connectivity index (χ3n) is 3.78. The zero-order chi connectivity index (χ0) is 18.7. The van der Waals surface area contributed by atoms with Gasteiger partial charge in [0.05, 0.1) is 5.56 Å². The van der Waals surface area contributed by atoms with E-state index in [0.29, 0.717) is 5.56 Å². The van der Waals surface area contributed by atoms with Crippen LogP contribution in [-0.4, -0.2) is 11.8 Å². The van der Waals surface area contributed by atoms with E-state index in [4.69, 9.17) is 0 Å². The van der Waals surface area contributed by atoms with Gasteiger partial charge in [0.2, 0.25) is 0 Å². The van der Waals surface area contributed by atoms with Crippen molar-refractivity contribution in [3.05, 3.63) is 83.4 Å². The van der Waals surface area contributed by atoms with E-state index in [1.54, 1.807) is 18.2 Å². The number of hydrazine groups is 1. The minimum atomic E-state index is -4.47. The second-order valence-corrected chi connectivity index (χ2v) is 5.55. The number of hydrogen-bond acceptors (Lipinski definition) is 2. The number of carbonyl (C=O) groups is 2. The summed E-state index contributed by atoms with van der Waals surface area (Å²) in [5.74, 6) is -1.25. The van der Waals surface area contributed by atoms with Gasteiger partial charge in [0, 0.05) is 11.1 Å². The molecule has 0 saturated heterocycles. The highest BCUT2D eigenvalue weighted by molar-refractivity contribution is 6.01. The molecule has 0 aromatic heterocycles. The van der Waals surface area contributed by atoms with Crippen LogP contribution in [0.5, 0.6) is 0 Å². The van der Waals surface area contributed by atoms with Crippen LogP contribution in [0.4, 0.5) is 13.2 Å². The number of fused-ring (bicyclic) bond motifs is 1. The minimum absolute atomic E-state index is 0.00295. The molecule has 4 nitrogen and oxygen atoms in total. The highest BCUT2D eigenvalue weighted by Gasteiger charge is 2.30. The topological polar surface area (TPSA) is 58.2 Å². The predicted octanol–water partition coefficient (Wildman–Crippen LogP) is 3.93. The SMILES string of the molecule is O=C(NNC(=O)c1ccc2ccccc2c1)c1ccc(C(F)(F)F)cc1. The van der Waals surface area contributed by atoms with Crippen LogP contribution in [0, 0.1) is 0 Å². The van der Waals surface area contributed by atoms with E-state index < -0.39 is 23.6 Å². The molecule has 3 aromatic rings. The van der Waals surface area contributed by atoms with Gasteiger partial charge in [-0.3, -0.25) is 20.4 Å². The van der Waals surface area contributed by atoms with Crippen molar-refractivity contribution in [1.82, 2.24) is 10.9 Å². The maximum atomic E-state index is 12.5. The van der Waals surface area contributed by atoms with Gasteiger partial charge in [0.1, 0.15) is 0 Å². The van der Waals surface area contributed by atoms with Gasteiger partial charge in [-0.1, -0.05) is 30.3 Å². The Morgan fingerprint density at radius 2 is 1.23 bits per heavy atom. The Bertz CT molecular complexity index is 966. The summed E-state index contributed by atoms with van der Waals surface area (Å²) < 4.78 is 37.5. The van der Waals surface area contributed by atoms with Crippen LogP contribution in [0.2, 0.25) is 0 Å². The molecule has 2 amide bonds. The van der Waals surface area contributed by atoms with Gasteiger partial charge in [0.15, 0.2) is 0 Å². The summed E-state index contributed by atoms with van der Waals surface area (Å²) in [6.07, 6.45) is -4.47. The molecule has 0 radical (unpaired) electrons. The molecule has 132 valence electrons. The van der Waals surface area contributed by atoms with Crippen molar-refractivity contribution in [2.45, 2.75) is 6.18 Å². The molecule has 2 N–H and O–H groups in total. The zero-order valence-electron chi connectivity index (χ0n) is 13.3. The van der Waals surface area contributed by atoms with Gasteiger partial charge >= 0.3 is 6.18 Å². The summed E-state index contributed by atoms with van der Waals surface area (Å²) in [4.78, 5) is 24.1. The fourth-order valence-electron chi connectivity index (χ4n) is 2.40. The average Bonchev–Trinajstić information content (AvgIpc) is 2.64. The number of nitrogens with one attached hydrogen (secondary N) is 2. The summed E-state index contributed by atoms with van der Waals surface area (Å²) in [6.45, 7) is 0. The first-order valence-corrected chi connectivity index (χ1v) is 7.61. The average molecular weight is 358 g/mol. The van der Waals surface area contributed by atoms with E-state index >= 15 is 0 Å². The number of rotatable bonds is 2. The molecule has 0 aliphatic carbocycles. The molecule has 0 heterocycles. The van der Waals surface area contributed by atoms with Crippen molar-refractivity contribution in [2.24, 2.45) is 0 Å². The highest BCUT2D eigenvalue weighted by Crippen LogP contribution is 2.29. The lowest BCUT2D eigenvalue weighted by molar-refractivity contribution is -0.137. The first-order chi connectivity index (χ1) is 12.3. The summed E-state index contributed by atoms with van der Waals surface area (Å²) in [6, 6.07) is 16.2. The van der Waals surface area contributed by atoms with E-state index in [1.807, 2.05) is 24.3 Å². The Kier molecular flexibility index (Phi) is 4.62. The minimum Gasteiger partial charge on any atom is -0.267 e. The molecule has 0 bridgehead atoms. The standard InChI is InChI=1S/C19H13F3N2O2/c20-19(21,22)16-9-7-13(8-10-16)17(25)23-24-18(26)15-6-5-12-3-1-2-4-14(12)11-15/h1-11H,(H,23,25)(H,24,26). The molecule has 0 aliphatic heterocycles. The molecule has 0 fully saturated rings. The van der Waals surface area contributed by atoms with Gasteiger partial charge in [-0.15, -0.1) is 0 Å².